The number of hydrogen-bond donors (Lipinski definition) is 1. The lowest BCUT2D eigenvalue weighted by molar-refractivity contribution is -0.113. The lowest BCUT2D eigenvalue weighted by Crippen LogP contribution is -2.17. The van der Waals surface area contributed by atoms with E-state index in [1.54, 1.807) is 0 Å². The average molecular weight is 378 g/mol. The third kappa shape index (κ3) is 4.49. The molecule has 1 fully saturated rings. The van der Waals surface area contributed by atoms with Gasteiger partial charge in [0, 0.05) is 15.4 Å². The highest BCUT2D eigenvalue weighted by atomic mass is 79.9. The molecule has 0 saturated carbocycles. The smallest absolute Gasteiger partial charge is 0.234 e. The SMILES string of the molecule is Cc1cc(Br)ccc1NC(=O)CS[C@@H]1CCS(=O)(=O)C1. The molecule has 0 aliphatic carbocycles. The fourth-order valence-corrected chi connectivity index (χ4v) is 5.96. The number of anilines is 1. The predicted octanol–water partition coefficient (Wildman–Crippen LogP) is 2.62. The van der Waals surface area contributed by atoms with E-state index in [1.165, 1.54) is 11.8 Å². The van der Waals surface area contributed by atoms with Gasteiger partial charge in [0.1, 0.15) is 0 Å². The Balaban J connectivity index is 1.84. The molecule has 20 heavy (non-hydrogen) atoms. The van der Waals surface area contributed by atoms with E-state index in [2.05, 4.69) is 21.2 Å². The van der Waals surface area contributed by atoms with Crippen LogP contribution in [0.2, 0.25) is 0 Å². The molecule has 1 N–H and O–H groups in total. The molecule has 0 bridgehead atoms. The topological polar surface area (TPSA) is 63.2 Å². The molecule has 1 atom stereocenters. The van der Waals surface area contributed by atoms with Gasteiger partial charge in [0.05, 0.1) is 17.3 Å². The van der Waals surface area contributed by atoms with Gasteiger partial charge in [-0.25, -0.2) is 8.42 Å². The summed E-state index contributed by atoms with van der Waals surface area (Å²) in [6.07, 6.45) is 0.650. The first-order chi connectivity index (χ1) is 9.35. The molecule has 0 unspecified atom stereocenters. The molecular weight excluding hydrogens is 362 g/mol. The summed E-state index contributed by atoms with van der Waals surface area (Å²) in [5, 5.41) is 2.90. The van der Waals surface area contributed by atoms with Gasteiger partial charge >= 0.3 is 0 Å². The molecule has 1 aromatic carbocycles. The molecule has 0 spiro atoms. The van der Waals surface area contributed by atoms with E-state index in [0.29, 0.717) is 6.42 Å². The van der Waals surface area contributed by atoms with Crippen molar-refractivity contribution < 1.29 is 13.2 Å². The Kier molecular flexibility index (Phi) is 5.14. The van der Waals surface area contributed by atoms with Crippen molar-refractivity contribution in [3.8, 4) is 0 Å². The largest absolute Gasteiger partial charge is 0.325 e. The van der Waals surface area contributed by atoms with E-state index in [0.717, 1.165) is 15.7 Å². The standard InChI is InChI=1S/C13H16BrNO3S2/c1-9-6-10(14)2-3-12(9)15-13(16)7-19-11-4-5-20(17,18)8-11/h2-3,6,11H,4-5,7-8H2,1H3,(H,15,16)/t11-/m1/s1. The second-order valence-electron chi connectivity index (χ2n) is 4.84. The molecule has 0 radical (unpaired) electrons. The van der Waals surface area contributed by atoms with Crippen LogP contribution in [-0.2, 0) is 14.6 Å². The molecule has 1 aliphatic rings. The van der Waals surface area contributed by atoms with Crippen molar-refractivity contribution in [2.24, 2.45) is 0 Å². The summed E-state index contributed by atoms with van der Waals surface area (Å²) in [5.41, 5.74) is 1.78. The number of nitrogens with one attached hydrogen (secondary N) is 1. The molecule has 0 aromatic heterocycles. The Morgan fingerprint density at radius 1 is 1.50 bits per heavy atom. The number of benzene rings is 1. The number of rotatable bonds is 4. The number of aryl methyl sites for hydroxylation is 1. The number of thioether (sulfide) groups is 1. The van der Waals surface area contributed by atoms with Crippen molar-refractivity contribution in [2.75, 3.05) is 22.6 Å². The van der Waals surface area contributed by atoms with E-state index in [9.17, 15) is 13.2 Å². The Morgan fingerprint density at radius 2 is 2.25 bits per heavy atom. The van der Waals surface area contributed by atoms with Gasteiger partial charge in [0.25, 0.3) is 0 Å². The van der Waals surface area contributed by atoms with Gasteiger partial charge in [-0.15, -0.1) is 11.8 Å². The van der Waals surface area contributed by atoms with Crippen molar-refractivity contribution in [1.29, 1.82) is 0 Å². The average Bonchev–Trinajstić information content (AvgIpc) is 2.70. The summed E-state index contributed by atoms with van der Waals surface area (Å²) >= 11 is 4.80. The number of sulfone groups is 1. The van der Waals surface area contributed by atoms with Crippen LogP contribution in [0.5, 0.6) is 0 Å². The molecule has 2 rings (SSSR count). The predicted molar refractivity (Wildman–Crippen MR) is 87.0 cm³/mol. The maximum absolute atomic E-state index is 11.9. The highest BCUT2D eigenvalue weighted by Crippen LogP contribution is 2.25. The van der Waals surface area contributed by atoms with Gasteiger partial charge in [-0.05, 0) is 37.1 Å². The Hall–Kier alpha value is -0.530. The summed E-state index contributed by atoms with van der Waals surface area (Å²) in [6.45, 7) is 1.93. The molecule has 1 amide bonds. The molecular formula is C13H16BrNO3S2. The molecule has 1 aliphatic heterocycles. The fraction of sp³-hybridized carbons (Fsp3) is 0.462. The van der Waals surface area contributed by atoms with Crippen LogP contribution in [-0.4, -0.2) is 36.8 Å². The number of carbonyl (C=O) groups is 1. The van der Waals surface area contributed by atoms with E-state index < -0.39 is 9.84 Å². The maximum atomic E-state index is 11.9. The van der Waals surface area contributed by atoms with Crippen LogP contribution in [0.25, 0.3) is 0 Å². The van der Waals surface area contributed by atoms with Crippen molar-refractivity contribution in [1.82, 2.24) is 0 Å². The van der Waals surface area contributed by atoms with Gasteiger partial charge in [0.2, 0.25) is 5.91 Å². The monoisotopic (exact) mass is 377 g/mol. The molecule has 110 valence electrons. The van der Waals surface area contributed by atoms with Crippen LogP contribution in [0.3, 0.4) is 0 Å². The van der Waals surface area contributed by atoms with E-state index >= 15 is 0 Å². The van der Waals surface area contributed by atoms with Gasteiger partial charge in [-0.1, -0.05) is 15.9 Å². The van der Waals surface area contributed by atoms with Crippen LogP contribution in [0, 0.1) is 6.92 Å². The minimum atomic E-state index is -2.87. The fourth-order valence-electron chi connectivity index (χ4n) is 2.04. The second-order valence-corrected chi connectivity index (χ2v) is 9.28. The quantitative estimate of drug-likeness (QED) is 0.875. The van der Waals surface area contributed by atoms with Gasteiger partial charge in [-0.3, -0.25) is 4.79 Å². The van der Waals surface area contributed by atoms with Gasteiger partial charge in [0.15, 0.2) is 9.84 Å². The minimum Gasteiger partial charge on any atom is -0.325 e. The molecule has 1 saturated heterocycles. The highest BCUT2D eigenvalue weighted by Gasteiger charge is 2.28. The Morgan fingerprint density at radius 3 is 2.85 bits per heavy atom. The molecule has 4 nitrogen and oxygen atoms in total. The van der Waals surface area contributed by atoms with E-state index in [1.807, 2.05) is 25.1 Å². The lowest BCUT2D eigenvalue weighted by Gasteiger charge is -2.10. The summed E-state index contributed by atoms with van der Waals surface area (Å²) in [6, 6.07) is 5.66. The van der Waals surface area contributed by atoms with Crippen LogP contribution < -0.4 is 5.32 Å². The first-order valence-electron chi connectivity index (χ1n) is 6.24. The normalized spacial score (nSPS) is 20.8. The Bertz CT molecular complexity index is 616. The maximum Gasteiger partial charge on any atom is 0.234 e. The van der Waals surface area contributed by atoms with E-state index in [4.69, 9.17) is 0 Å². The molecule has 1 heterocycles. The van der Waals surface area contributed by atoms with Crippen LogP contribution in [0.15, 0.2) is 22.7 Å². The van der Waals surface area contributed by atoms with Crippen molar-refractivity contribution >= 4 is 49.1 Å². The van der Waals surface area contributed by atoms with Crippen molar-refractivity contribution in [3.63, 3.8) is 0 Å². The van der Waals surface area contributed by atoms with Crippen LogP contribution in [0.1, 0.15) is 12.0 Å². The zero-order valence-corrected chi connectivity index (χ0v) is 14.3. The zero-order chi connectivity index (χ0) is 14.8. The van der Waals surface area contributed by atoms with Crippen molar-refractivity contribution in [3.05, 3.63) is 28.2 Å². The minimum absolute atomic E-state index is 0.0526. The molecule has 1 aromatic rings. The summed E-state index contributed by atoms with van der Waals surface area (Å²) in [4.78, 5) is 11.9. The summed E-state index contributed by atoms with van der Waals surface area (Å²) in [7, 11) is -2.87. The van der Waals surface area contributed by atoms with Crippen molar-refractivity contribution in [2.45, 2.75) is 18.6 Å². The Labute approximate surface area is 131 Å². The van der Waals surface area contributed by atoms with Gasteiger partial charge < -0.3 is 5.32 Å². The number of halogens is 1. The third-order valence-electron chi connectivity index (χ3n) is 3.10. The molecule has 7 heteroatoms. The summed E-state index contributed by atoms with van der Waals surface area (Å²) in [5.74, 6) is 0.639. The second kappa shape index (κ2) is 6.49. The lowest BCUT2D eigenvalue weighted by atomic mass is 10.2. The summed E-state index contributed by atoms with van der Waals surface area (Å²) < 4.78 is 23.6. The van der Waals surface area contributed by atoms with E-state index in [-0.39, 0.29) is 28.4 Å². The highest BCUT2D eigenvalue weighted by molar-refractivity contribution is 9.10. The first kappa shape index (κ1) is 15.9. The zero-order valence-electron chi connectivity index (χ0n) is 11.1. The number of hydrogen-bond acceptors (Lipinski definition) is 4. The number of amides is 1. The van der Waals surface area contributed by atoms with Gasteiger partial charge in [-0.2, -0.15) is 0 Å². The first-order valence-corrected chi connectivity index (χ1v) is 9.90. The van der Waals surface area contributed by atoms with Crippen LogP contribution in [0.4, 0.5) is 5.69 Å². The number of carbonyl (C=O) groups excluding carboxylic acids is 1. The third-order valence-corrected chi connectivity index (χ3v) is 6.88. The van der Waals surface area contributed by atoms with Crippen LogP contribution >= 0.6 is 27.7 Å².